The third-order valence-corrected chi connectivity index (χ3v) is 3.97. The number of aromatic amines is 1. The Morgan fingerprint density at radius 1 is 1.57 bits per heavy atom. The summed E-state index contributed by atoms with van der Waals surface area (Å²) in [6.07, 6.45) is 2.53. The van der Waals surface area contributed by atoms with E-state index in [2.05, 4.69) is 15.3 Å². The first kappa shape index (κ1) is 14.2. The standard InChI is InChI=1S/C14H19N3O4/c1-8-10(13(19)17-11(16-8)9-2-3-9)12(18)15-6-14(20)4-5-21-7-14/h9,20H,2-7H2,1H3,(H,15,18)(H,16,17,19). The van der Waals surface area contributed by atoms with Gasteiger partial charge < -0.3 is 20.1 Å². The fraction of sp³-hybridized carbons (Fsp3) is 0.643. The first-order chi connectivity index (χ1) is 9.98. The van der Waals surface area contributed by atoms with Crippen molar-refractivity contribution < 1.29 is 14.6 Å². The number of nitrogens with zero attached hydrogens (tertiary/aromatic N) is 1. The zero-order chi connectivity index (χ0) is 15.0. The van der Waals surface area contributed by atoms with Gasteiger partial charge in [-0.05, 0) is 19.8 Å². The molecule has 0 spiro atoms. The maximum atomic E-state index is 12.2. The number of rotatable bonds is 4. The lowest BCUT2D eigenvalue weighted by molar-refractivity contribution is 0.0264. The van der Waals surface area contributed by atoms with Crippen LogP contribution in [0.2, 0.25) is 0 Å². The number of hydrogen-bond acceptors (Lipinski definition) is 5. The number of hydrogen-bond donors (Lipinski definition) is 3. The van der Waals surface area contributed by atoms with E-state index in [1.807, 2.05) is 0 Å². The van der Waals surface area contributed by atoms with Gasteiger partial charge in [0.15, 0.2) is 0 Å². The summed E-state index contributed by atoms with van der Waals surface area (Å²) in [5.74, 6) is 0.477. The van der Waals surface area contributed by atoms with E-state index in [-0.39, 0.29) is 18.7 Å². The van der Waals surface area contributed by atoms with Crippen molar-refractivity contribution in [3.8, 4) is 0 Å². The molecule has 3 rings (SSSR count). The quantitative estimate of drug-likeness (QED) is 0.715. The highest BCUT2D eigenvalue weighted by Gasteiger charge is 2.33. The van der Waals surface area contributed by atoms with Crippen LogP contribution in [0.25, 0.3) is 0 Å². The van der Waals surface area contributed by atoms with E-state index in [0.29, 0.717) is 30.5 Å². The lowest BCUT2D eigenvalue weighted by Crippen LogP contribution is -2.44. The van der Waals surface area contributed by atoms with Crippen molar-refractivity contribution in [2.45, 2.75) is 37.7 Å². The molecule has 0 radical (unpaired) electrons. The Kier molecular flexibility index (Phi) is 3.54. The number of nitrogens with one attached hydrogen (secondary N) is 2. The minimum Gasteiger partial charge on any atom is -0.386 e. The fourth-order valence-corrected chi connectivity index (χ4v) is 2.49. The summed E-state index contributed by atoms with van der Waals surface area (Å²) < 4.78 is 5.11. The van der Waals surface area contributed by atoms with Crippen LogP contribution in [0, 0.1) is 6.92 Å². The fourth-order valence-electron chi connectivity index (χ4n) is 2.49. The third-order valence-electron chi connectivity index (χ3n) is 3.97. The first-order valence-corrected chi connectivity index (χ1v) is 7.18. The van der Waals surface area contributed by atoms with Crippen molar-refractivity contribution in [3.63, 3.8) is 0 Å². The molecule has 114 valence electrons. The average Bonchev–Trinajstić information content (AvgIpc) is 3.19. The highest BCUT2D eigenvalue weighted by molar-refractivity contribution is 5.94. The summed E-state index contributed by atoms with van der Waals surface area (Å²) in [7, 11) is 0. The molecule has 1 aliphatic carbocycles. The molecule has 1 aliphatic heterocycles. The second-order valence-corrected chi connectivity index (χ2v) is 5.90. The summed E-state index contributed by atoms with van der Waals surface area (Å²) >= 11 is 0. The van der Waals surface area contributed by atoms with Gasteiger partial charge in [0.1, 0.15) is 17.0 Å². The van der Waals surface area contributed by atoms with Crippen molar-refractivity contribution >= 4 is 5.91 Å². The van der Waals surface area contributed by atoms with Crippen LogP contribution in [0.5, 0.6) is 0 Å². The Morgan fingerprint density at radius 3 is 2.90 bits per heavy atom. The molecule has 1 aromatic heterocycles. The second kappa shape index (κ2) is 5.23. The number of aryl methyl sites for hydroxylation is 1. The van der Waals surface area contributed by atoms with Crippen LogP contribution in [0.4, 0.5) is 0 Å². The van der Waals surface area contributed by atoms with Gasteiger partial charge in [0.25, 0.3) is 11.5 Å². The number of carbonyl (C=O) groups is 1. The summed E-state index contributed by atoms with van der Waals surface area (Å²) in [4.78, 5) is 31.2. The SMILES string of the molecule is Cc1nc(C2CC2)[nH]c(=O)c1C(=O)NCC1(O)CCOC1. The Morgan fingerprint density at radius 2 is 2.33 bits per heavy atom. The molecule has 2 heterocycles. The number of amides is 1. The van der Waals surface area contributed by atoms with Crippen LogP contribution in [0.3, 0.4) is 0 Å². The molecule has 1 atom stereocenters. The Balaban J connectivity index is 1.73. The minimum absolute atomic E-state index is 0.0157. The Bertz CT molecular complexity index is 615. The number of H-pyrrole nitrogens is 1. The van der Waals surface area contributed by atoms with E-state index in [4.69, 9.17) is 4.74 Å². The predicted octanol–water partition coefficient (Wildman–Crippen LogP) is -0.163. The summed E-state index contributed by atoms with van der Waals surface area (Å²) in [5.41, 5.74) is -1.02. The van der Waals surface area contributed by atoms with Crippen molar-refractivity contribution in [2.75, 3.05) is 19.8 Å². The van der Waals surface area contributed by atoms with Crippen LogP contribution in [0.1, 0.15) is 47.1 Å². The molecular weight excluding hydrogens is 274 g/mol. The van der Waals surface area contributed by atoms with Crippen LogP contribution >= 0.6 is 0 Å². The molecule has 1 aromatic rings. The molecule has 0 aromatic carbocycles. The minimum atomic E-state index is -1.04. The zero-order valence-electron chi connectivity index (χ0n) is 11.9. The van der Waals surface area contributed by atoms with E-state index in [1.54, 1.807) is 6.92 Å². The maximum Gasteiger partial charge on any atom is 0.264 e. The zero-order valence-corrected chi connectivity index (χ0v) is 11.9. The van der Waals surface area contributed by atoms with Gasteiger partial charge >= 0.3 is 0 Å². The van der Waals surface area contributed by atoms with E-state index in [9.17, 15) is 14.7 Å². The van der Waals surface area contributed by atoms with Gasteiger partial charge in [-0.2, -0.15) is 0 Å². The van der Waals surface area contributed by atoms with Crippen LogP contribution in [-0.4, -0.2) is 46.3 Å². The summed E-state index contributed by atoms with van der Waals surface area (Å²) in [6.45, 7) is 2.39. The molecule has 1 amide bonds. The lowest BCUT2D eigenvalue weighted by atomic mass is 10.0. The van der Waals surface area contributed by atoms with Crippen LogP contribution in [0.15, 0.2) is 4.79 Å². The maximum absolute atomic E-state index is 12.2. The molecule has 7 heteroatoms. The van der Waals surface area contributed by atoms with Gasteiger partial charge in [0, 0.05) is 25.5 Å². The first-order valence-electron chi connectivity index (χ1n) is 7.18. The molecule has 1 unspecified atom stereocenters. The van der Waals surface area contributed by atoms with Crippen molar-refractivity contribution in [2.24, 2.45) is 0 Å². The molecule has 3 N–H and O–H groups in total. The molecule has 1 saturated heterocycles. The average molecular weight is 293 g/mol. The monoisotopic (exact) mass is 293 g/mol. The van der Waals surface area contributed by atoms with E-state index < -0.39 is 17.1 Å². The number of aromatic nitrogens is 2. The van der Waals surface area contributed by atoms with Gasteiger partial charge in [-0.25, -0.2) is 4.98 Å². The molecule has 21 heavy (non-hydrogen) atoms. The Hall–Kier alpha value is -1.73. The van der Waals surface area contributed by atoms with Gasteiger partial charge in [-0.1, -0.05) is 0 Å². The van der Waals surface area contributed by atoms with Gasteiger partial charge in [-0.15, -0.1) is 0 Å². The van der Waals surface area contributed by atoms with Crippen molar-refractivity contribution in [1.29, 1.82) is 0 Å². The predicted molar refractivity (Wildman–Crippen MR) is 74.3 cm³/mol. The molecule has 0 bridgehead atoms. The van der Waals surface area contributed by atoms with Gasteiger partial charge in [-0.3, -0.25) is 9.59 Å². The highest BCUT2D eigenvalue weighted by atomic mass is 16.5. The van der Waals surface area contributed by atoms with Crippen LogP contribution < -0.4 is 10.9 Å². The Labute approximate surface area is 121 Å². The second-order valence-electron chi connectivity index (χ2n) is 5.90. The normalized spacial score (nSPS) is 25.0. The van der Waals surface area contributed by atoms with E-state index in [0.717, 1.165) is 12.8 Å². The third kappa shape index (κ3) is 2.98. The van der Waals surface area contributed by atoms with E-state index >= 15 is 0 Å². The molecule has 1 saturated carbocycles. The van der Waals surface area contributed by atoms with Crippen LogP contribution in [-0.2, 0) is 4.74 Å². The number of carbonyl (C=O) groups excluding carboxylic acids is 1. The summed E-state index contributed by atoms with van der Waals surface area (Å²) in [5, 5.41) is 12.7. The molecule has 7 nitrogen and oxygen atoms in total. The largest absolute Gasteiger partial charge is 0.386 e. The van der Waals surface area contributed by atoms with E-state index in [1.165, 1.54) is 0 Å². The smallest absolute Gasteiger partial charge is 0.264 e. The van der Waals surface area contributed by atoms with Crippen molar-refractivity contribution in [1.82, 2.24) is 15.3 Å². The topological polar surface area (TPSA) is 104 Å². The highest BCUT2D eigenvalue weighted by Crippen LogP contribution is 2.37. The van der Waals surface area contributed by atoms with Gasteiger partial charge in [0.2, 0.25) is 0 Å². The van der Waals surface area contributed by atoms with Gasteiger partial charge in [0.05, 0.1) is 12.3 Å². The van der Waals surface area contributed by atoms with Crippen molar-refractivity contribution in [3.05, 3.63) is 27.4 Å². The summed E-state index contributed by atoms with van der Waals surface area (Å²) in [6, 6.07) is 0. The number of aliphatic hydroxyl groups is 1. The molecule has 2 fully saturated rings. The molecular formula is C14H19N3O4. The lowest BCUT2D eigenvalue weighted by Gasteiger charge is -2.20. The molecule has 2 aliphatic rings. The number of ether oxygens (including phenoxy) is 1.